The standard InChI is InChI=1S/C9H17N7O3S/c10-1-2-15-7-8(12-13-15)9(17)14-3-5-16(6-4-14)20(11,18)19/h7H,1-6,10H2,(H2,11,18,19). The van der Waals surface area contributed by atoms with Gasteiger partial charge in [-0.2, -0.15) is 12.7 Å². The average molecular weight is 303 g/mol. The summed E-state index contributed by atoms with van der Waals surface area (Å²) in [5.74, 6) is -0.276. The zero-order valence-corrected chi connectivity index (χ0v) is 11.7. The zero-order valence-electron chi connectivity index (χ0n) is 10.8. The first-order valence-electron chi connectivity index (χ1n) is 6.09. The van der Waals surface area contributed by atoms with Crippen molar-refractivity contribution in [3.63, 3.8) is 0 Å². The molecule has 2 heterocycles. The summed E-state index contributed by atoms with van der Waals surface area (Å²) in [7, 11) is -3.69. The molecule has 11 heteroatoms. The molecule has 112 valence electrons. The van der Waals surface area contributed by atoms with Crippen LogP contribution in [0.3, 0.4) is 0 Å². The molecule has 1 aliphatic rings. The molecule has 1 saturated heterocycles. The summed E-state index contributed by atoms with van der Waals surface area (Å²) >= 11 is 0. The molecule has 2 rings (SSSR count). The van der Waals surface area contributed by atoms with Crippen LogP contribution < -0.4 is 10.9 Å². The zero-order chi connectivity index (χ0) is 14.8. The van der Waals surface area contributed by atoms with Crippen molar-refractivity contribution in [3.05, 3.63) is 11.9 Å². The smallest absolute Gasteiger partial charge is 0.277 e. The Hall–Kier alpha value is -1.56. The van der Waals surface area contributed by atoms with Crippen molar-refractivity contribution in [2.24, 2.45) is 10.9 Å². The van der Waals surface area contributed by atoms with Gasteiger partial charge < -0.3 is 10.6 Å². The van der Waals surface area contributed by atoms with E-state index in [4.69, 9.17) is 10.9 Å². The number of piperazine rings is 1. The van der Waals surface area contributed by atoms with Crippen LogP contribution in [0.2, 0.25) is 0 Å². The highest BCUT2D eigenvalue weighted by Crippen LogP contribution is 2.08. The highest BCUT2D eigenvalue weighted by atomic mass is 32.2. The summed E-state index contributed by atoms with van der Waals surface area (Å²) in [6.45, 7) is 1.81. The molecule has 10 nitrogen and oxygen atoms in total. The first-order chi connectivity index (χ1) is 9.41. The second-order valence-electron chi connectivity index (χ2n) is 4.39. The fourth-order valence-corrected chi connectivity index (χ4v) is 2.62. The normalized spacial score (nSPS) is 17.4. The average Bonchev–Trinajstić information content (AvgIpc) is 2.86. The molecule has 0 spiro atoms. The maximum Gasteiger partial charge on any atom is 0.277 e. The molecular formula is C9H17N7O3S. The second kappa shape index (κ2) is 5.83. The molecule has 0 aliphatic carbocycles. The maximum atomic E-state index is 12.2. The first-order valence-corrected chi connectivity index (χ1v) is 7.59. The maximum absolute atomic E-state index is 12.2. The molecule has 0 bridgehead atoms. The van der Waals surface area contributed by atoms with E-state index in [1.807, 2.05) is 0 Å². The number of rotatable bonds is 4. The Labute approximate surface area is 116 Å². The predicted molar refractivity (Wildman–Crippen MR) is 69.7 cm³/mol. The lowest BCUT2D eigenvalue weighted by Crippen LogP contribution is -2.52. The van der Waals surface area contributed by atoms with Crippen LogP contribution in [0, 0.1) is 0 Å². The number of carbonyl (C=O) groups excluding carboxylic acids is 1. The lowest BCUT2D eigenvalue weighted by Gasteiger charge is -2.32. The van der Waals surface area contributed by atoms with Crippen LogP contribution in [-0.2, 0) is 16.8 Å². The van der Waals surface area contributed by atoms with Gasteiger partial charge >= 0.3 is 0 Å². The molecule has 1 fully saturated rings. The van der Waals surface area contributed by atoms with Crippen LogP contribution in [-0.4, -0.2) is 71.2 Å². The van der Waals surface area contributed by atoms with E-state index in [1.165, 1.54) is 15.8 Å². The third-order valence-corrected chi connectivity index (χ3v) is 4.09. The first kappa shape index (κ1) is 14.8. The van der Waals surface area contributed by atoms with Crippen molar-refractivity contribution in [2.45, 2.75) is 6.54 Å². The summed E-state index contributed by atoms with van der Waals surface area (Å²) in [6, 6.07) is 0. The van der Waals surface area contributed by atoms with E-state index in [9.17, 15) is 13.2 Å². The Morgan fingerprint density at radius 2 is 1.95 bits per heavy atom. The summed E-state index contributed by atoms with van der Waals surface area (Å²) in [5, 5.41) is 12.6. The molecule has 1 aliphatic heterocycles. The van der Waals surface area contributed by atoms with E-state index in [1.54, 1.807) is 0 Å². The van der Waals surface area contributed by atoms with Crippen LogP contribution >= 0.6 is 0 Å². The third-order valence-electron chi connectivity index (χ3n) is 3.00. The molecular weight excluding hydrogens is 286 g/mol. The quantitative estimate of drug-likeness (QED) is 0.615. The molecule has 0 saturated carbocycles. The van der Waals surface area contributed by atoms with E-state index in [0.717, 1.165) is 4.31 Å². The molecule has 1 aromatic heterocycles. The van der Waals surface area contributed by atoms with Gasteiger partial charge in [-0.3, -0.25) is 9.48 Å². The van der Waals surface area contributed by atoms with Crippen molar-refractivity contribution in [2.75, 3.05) is 32.7 Å². The van der Waals surface area contributed by atoms with E-state index in [0.29, 0.717) is 13.1 Å². The van der Waals surface area contributed by atoms with Crippen LogP contribution in [0.1, 0.15) is 10.5 Å². The Kier molecular flexibility index (Phi) is 4.32. The minimum atomic E-state index is -3.69. The minimum Gasteiger partial charge on any atom is -0.335 e. The number of hydrogen-bond donors (Lipinski definition) is 2. The lowest BCUT2D eigenvalue weighted by molar-refractivity contribution is 0.0692. The number of aromatic nitrogens is 3. The molecule has 0 aromatic carbocycles. The SMILES string of the molecule is NCCn1cc(C(=O)N2CCN(S(N)(=O)=O)CC2)nn1. The van der Waals surface area contributed by atoms with Crippen LogP contribution in [0.4, 0.5) is 0 Å². The van der Waals surface area contributed by atoms with Crippen molar-refractivity contribution in [1.29, 1.82) is 0 Å². The van der Waals surface area contributed by atoms with E-state index in [2.05, 4.69) is 10.3 Å². The third kappa shape index (κ3) is 3.30. The fraction of sp³-hybridized carbons (Fsp3) is 0.667. The van der Waals surface area contributed by atoms with Crippen LogP contribution in [0.15, 0.2) is 6.20 Å². The molecule has 20 heavy (non-hydrogen) atoms. The van der Waals surface area contributed by atoms with Gasteiger partial charge in [-0.15, -0.1) is 5.10 Å². The van der Waals surface area contributed by atoms with Crippen molar-refractivity contribution < 1.29 is 13.2 Å². The number of nitrogens with two attached hydrogens (primary N) is 2. The van der Waals surface area contributed by atoms with Crippen LogP contribution in [0.25, 0.3) is 0 Å². The molecule has 4 N–H and O–H groups in total. The van der Waals surface area contributed by atoms with E-state index < -0.39 is 10.2 Å². The number of carbonyl (C=O) groups is 1. The minimum absolute atomic E-state index is 0.182. The molecule has 0 radical (unpaired) electrons. The number of hydrogen-bond acceptors (Lipinski definition) is 6. The van der Waals surface area contributed by atoms with Crippen LogP contribution in [0.5, 0.6) is 0 Å². The molecule has 0 atom stereocenters. The summed E-state index contributed by atoms with van der Waals surface area (Å²) in [5.41, 5.74) is 5.61. The number of amides is 1. The lowest BCUT2D eigenvalue weighted by atomic mass is 10.3. The highest BCUT2D eigenvalue weighted by Gasteiger charge is 2.28. The van der Waals surface area contributed by atoms with Gasteiger partial charge in [0, 0.05) is 32.7 Å². The number of nitrogens with zero attached hydrogens (tertiary/aromatic N) is 5. The van der Waals surface area contributed by atoms with E-state index in [-0.39, 0.29) is 37.8 Å². The van der Waals surface area contributed by atoms with Crippen molar-refractivity contribution >= 4 is 16.1 Å². The largest absolute Gasteiger partial charge is 0.335 e. The fourth-order valence-electron chi connectivity index (χ4n) is 1.95. The Morgan fingerprint density at radius 3 is 2.50 bits per heavy atom. The molecule has 0 unspecified atom stereocenters. The van der Waals surface area contributed by atoms with Gasteiger partial charge in [-0.25, -0.2) is 5.14 Å². The van der Waals surface area contributed by atoms with E-state index >= 15 is 0 Å². The summed E-state index contributed by atoms with van der Waals surface area (Å²) in [6.07, 6.45) is 1.53. The van der Waals surface area contributed by atoms with Gasteiger partial charge in [0.15, 0.2) is 5.69 Å². The second-order valence-corrected chi connectivity index (χ2v) is 5.94. The van der Waals surface area contributed by atoms with Gasteiger partial charge in [0.2, 0.25) is 0 Å². The van der Waals surface area contributed by atoms with Gasteiger partial charge in [-0.1, -0.05) is 5.21 Å². The van der Waals surface area contributed by atoms with Crippen molar-refractivity contribution in [3.8, 4) is 0 Å². The van der Waals surface area contributed by atoms with Gasteiger partial charge in [0.05, 0.1) is 12.7 Å². The Bertz CT molecular complexity index is 576. The molecule has 1 amide bonds. The van der Waals surface area contributed by atoms with Gasteiger partial charge in [0.25, 0.3) is 16.1 Å². The van der Waals surface area contributed by atoms with Gasteiger partial charge in [0.1, 0.15) is 0 Å². The summed E-state index contributed by atoms with van der Waals surface area (Å²) < 4.78 is 25.0. The topological polar surface area (TPSA) is 140 Å². The van der Waals surface area contributed by atoms with Gasteiger partial charge in [-0.05, 0) is 0 Å². The summed E-state index contributed by atoms with van der Waals surface area (Å²) in [4.78, 5) is 13.7. The monoisotopic (exact) mass is 303 g/mol. The molecule has 1 aromatic rings. The van der Waals surface area contributed by atoms with Crippen molar-refractivity contribution in [1.82, 2.24) is 24.2 Å². The highest BCUT2D eigenvalue weighted by molar-refractivity contribution is 7.86. The Balaban J connectivity index is 1.97. The Morgan fingerprint density at radius 1 is 1.30 bits per heavy atom. The predicted octanol–water partition coefficient (Wildman–Crippen LogP) is -2.80.